The van der Waals surface area contributed by atoms with E-state index in [0.29, 0.717) is 57.3 Å². The molecule has 0 unspecified atom stereocenters. The van der Waals surface area contributed by atoms with Crippen LogP contribution in [0.1, 0.15) is 69.4 Å². The van der Waals surface area contributed by atoms with Crippen molar-refractivity contribution >= 4 is 52.3 Å². The van der Waals surface area contributed by atoms with Crippen molar-refractivity contribution in [1.82, 2.24) is 4.37 Å². The Morgan fingerprint density at radius 2 is 1.69 bits per heavy atom. The second kappa shape index (κ2) is 10.4. The minimum absolute atomic E-state index is 0.0586. The molecule has 2 N–H and O–H groups in total. The summed E-state index contributed by atoms with van der Waals surface area (Å²) in [6.45, 7) is 0.293. The lowest BCUT2D eigenvalue weighted by Crippen LogP contribution is -2.40. The highest BCUT2D eigenvalue weighted by Gasteiger charge is 2.45. The van der Waals surface area contributed by atoms with E-state index in [0.717, 1.165) is 29.7 Å². The molecule has 4 aromatic rings. The molecule has 0 saturated heterocycles. The molecule has 2 aliphatic rings. The fourth-order valence-corrected chi connectivity index (χ4v) is 7.27. The van der Waals surface area contributed by atoms with Gasteiger partial charge in [-0.2, -0.15) is 4.37 Å². The van der Waals surface area contributed by atoms with Crippen molar-refractivity contribution in [1.29, 1.82) is 0 Å². The van der Waals surface area contributed by atoms with E-state index in [1.54, 1.807) is 42.5 Å². The van der Waals surface area contributed by atoms with Crippen LogP contribution in [0, 0.1) is 0 Å². The number of carbonyl (C=O) groups is 1. The Hall–Kier alpha value is -2.61. The molecule has 9 heteroatoms. The summed E-state index contributed by atoms with van der Waals surface area (Å²) in [7, 11) is 0. The number of hydrogen-bond acceptors (Lipinski definition) is 5. The van der Waals surface area contributed by atoms with Gasteiger partial charge in [0.15, 0.2) is 0 Å². The lowest BCUT2D eigenvalue weighted by atomic mass is 9.65. The number of halogens is 3. The fraction of sp³-hybridized carbons (Fsp3) is 0.267. The number of hydrogen-bond donors (Lipinski definition) is 2. The van der Waals surface area contributed by atoms with Crippen molar-refractivity contribution in [2.45, 2.75) is 49.7 Å². The summed E-state index contributed by atoms with van der Waals surface area (Å²) in [5, 5.41) is 22.1. The van der Waals surface area contributed by atoms with Crippen molar-refractivity contribution in [2.24, 2.45) is 0 Å². The van der Waals surface area contributed by atoms with Gasteiger partial charge in [-0.1, -0.05) is 59.1 Å². The molecule has 0 bridgehead atoms. The van der Waals surface area contributed by atoms with Crippen LogP contribution in [0.2, 0.25) is 15.1 Å². The number of carboxylic acids is 1. The second-order valence-electron chi connectivity index (χ2n) is 10.2. The largest absolute Gasteiger partial charge is 0.489 e. The summed E-state index contributed by atoms with van der Waals surface area (Å²) in [6.07, 6.45) is 3.18. The molecule has 2 aliphatic carbocycles. The highest BCUT2D eigenvalue weighted by Crippen LogP contribution is 2.53. The highest BCUT2D eigenvalue weighted by molar-refractivity contribution is 7.06. The van der Waals surface area contributed by atoms with E-state index in [1.165, 1.54) is 16.4 Å². The topological polar surface area (TPSA) is 79.7 Å². The minimum Gasteiger partial charge on any atom is -0.489 e. The standard InChI is InChI=1S/C30H24Cl3NO4S/c31-23-5-2-6-24(32)26(23)27-21(28(39-34-27)16-7-8-16)15-38-20-9-10-22(25(33)12-20)30(37)13-19(14-30)17-3-1-4-18(11-17)29(35)36/h1-6,9-12,16,19,37H,7-8,13-15H2,(H,35,36). The molecule has 0 radical (unpaired) electrons. The molecule has 2 saturated carbocycles. The first-order valence-electron chi connectivity index (χ1n) is 12.6. The molecule has 2 fully saturated rings. The zero-order valence-corrected chi connectivity index (χ0v) is 23.7. The van der Waals surface area contributed by atoms with E-state index in [2.05, 4.69) is 0 Å². The van der Waals surface area contributed by atoms with Gasteiger partial charge in [-0.3, -0.25) is 0 Å². The van der Waals surface area contributed by atoms with Crippen molar-refractivity contribution in [3.8, 4) is 17.0 Å². The number of carboxylic acid groups (broad SMARTS) is 1. The Kier molecular flexibility index (Phi) is 7.11. The number of rotatable bonds is 8. The van der Waals surface area contributed by atoms with Crippen LogP contribution in [0.25, 0.3) is 11.3 Å². The SMILES string of the molecule is O=C(O)c1cccc(C2CC(O)(c3ccc(OCc4c(-c5c(Cl)cccc5Cl)nsc4C4CC4)cc3Cl)C2)c1. The smallest absolute Gasteiger partial charge is 0.335 e. The average Bonchev–Trinajstić information content (AvgIpc) is 3.66. The first-order chi connectivity index (χ1) is 18.7. The number of ether oxygens (including phenoxy) is 1. The van der Waals surface area contributed by atoms with Gasteiger partial charge < -0.3 is 14.9 Å². The van der Waals surface area contributed by atoms with Crippen molar-refractivity contribution in [2.75, 3.05) is 0 Å². The van der Waals surface area contributed by atoms with Gasteiger partial charge in [0.25, 0.3) is 0 Å². The summed E-state index contributed by atoms with van der Waals surface area (Å²) in [6, 6.07) is 17.6. The van der Waals surface area contributed by atoms with Gasteiger partial charge in [0, 0.05) is 21.6 Å². The van der Waals surface area contributed by atoms with Crippen molar-refractivity contribution < 1.29 is 19.7 Å². The van der Waals surface area contributed by atoms with E-state index >= 15 is 0 Å². The van der Waals surface area contributed by atoms with Crippen LogP contribution in [0.15, 0.2) is 60.7 Å². The fourth-order valence-electron chi connectivity index (χ4n) is 5.30. The minimum atomic E-state index is -1.08. The van der Waals surface area contributed by atoms with Crippen LogP contribution >= 0.6 is 46.3 Å². The molecule has 200 valence electrons. The van der Waals surface area contributed by atoms with Gasteiger partial charge in [0.05, 0.1) is 31.9 Å². The molecule has 0 amide bonds. The van der Waals surface area contributed by atoms with Gasteiger partial charge in [-0.05, 0) is 91.0 Å². The van der Waals surface area contributed by atoms with Crippen molar-refractivity contribution in [3.63, 3.8) is 0 Å². The van der Waals surface area contributed by atoms with Crippen LogP contribution in [-0.4, -0.2) is 20.6 Å². The zero-order valence-electron chi connectivity index (χ0n) is 20.7. The summed E-state index contributed by atoms with van der Waals surface area (Å²) in [4.78, 5) is 12.5. The van der Waals surface area contributed by atoms with Crippen molar-refractivity contribution in [3.05, 3.63) is 103 Å². The molecule has 5 nitrogen and oxygen atoms in total. The predicted molar refractivity (Wildman–Crippen MR) is 155 cm³/mol. The summed E-state index contributed by atoms with van der Waals surface area (Å²) < 4.78 is 10.9. The Bertz CT molecular complexity index is 1560. The number of nitrogens with zero attached hydrogens (tertiary/aromatic N) is 1. The molecular formula is C30H24Cl3NO4S. The Morgan fingerprint density at radius 3 is 2.36 bits per heavy atom. The van der Waals surface area contributed by atoms with E-state index in [1.807, 2.05) is 18.2 Å². The molecule has 0 atom stereocenters. The molecule has 3 aromatic carbocycles. The van der Waals surface area contributed by atoms with Crippen LogP contribution in [0.5, 0.6) is 5.75 Å². The Labute approximate surface area is 245 Å². The van der Waals surface area contributed by atoms with Crippen LogP contribution < -0.4 is 4.74 Å². The van der Waals surface area contributed by atoms with E-state index < -0.39 is 11.6 Å². The first-order valence-corrected chi connectivity index (χ1v) is 14.6. The average molecular weight is 601 g/mol. The normalized spacial score (nSPS) is 20.5. The Morgan fingerprint density at radius 1 is 0.974 bits per heavy atom. The molecule has 1 heterocycles. The van der Waals surface area contributed by atoms with E-state index in [4.69, 9.17) is 43.9 Å². The Balaban J connectivity index is 1.19. The van der Waals surface area contributed by atoms with Crippen LogP contribution in [0.4, 0.5) is 0 Å². The van der Waals surface area contributed by atoms with E-state index in [9.17, 15) is 15.0 Å². The first kappa shape index (κ1) is 26.6. The van der Waals surface area contributed by atoms with Gasteiger partial charge in [0.1, 0.15) is 12.4 Å². The number of aromatic nitrogens is 1. The molecule has 0 spiro atoms. The van der Waals surface area contributed by atoms with Gasteiger partial charge >= 0.3 is 5.97 Å². The molecule has 1 aromatic heterocycles. The maximum absolute atomic E-state index is 11.3. The van der Waals surface area contributed by atoms with Gasteiger partial charge in [-0.15, -0.1) is 0 Å². The zero-order chi connectivity index (χ0) is 27.3. The van der Waals surface area contributed by atoms with Gasteiger partial charge in [-0.25, -0.2) is 4.79 Å². The third kappa shape index (κ3) is 5.17. The highest BCUT2D eigenvalue weighted by atomic mass is 35.5. The lowest BCUT2D eigenvalue weighted by molar-refractivity contribution is -0.0549. The van der Waals surface area contributed by atoms with Crippen LogP contribution in [-0.2, 0) is 12.2 Å². The number of aromatic carboxylic acids is 1. The molecule has 0 aliphatic heterocycles. The lowest BCUT2D eigenvalue weighted by Gasteiger charge is -2.44. The van der Waals surface area contributed by atoms with E-state index in [-0.39, 0.29) is 11.5 Å². The third-order valence-corrected chi connectivity index (χ3v) is 9.56. The summed E-state index contributed by atoms with van der Waals surface area (Å²) in [5.74, 6) is 0.165. The maximum Gasteiger partial charge on any atom is 0.335 e. The second-order valence-corrected chi connectivity index (χ2v) is 12.3. The molecule has 39 heavy (non-hydrogen) atoms. The predicted octanol–water partition coefficient (Wildman–Crippen LogP) is 8.69. The monoisotopic (exact) mass is 599 g/mol. The number of aliphatic hydroxyl groups is 1. The molecule has 6 rings (SSSR count). The summed E-state index contributed by atoms with van der Waals surface area (Å²) >= 11 is 21.1. The molecular weight excluding hydrogens is 577 g/mol. The third-order valence-electron chi connectivity index (χ3n) is 7.56. The maximum atomic E-state index is 11.3. The van der Waals surface area contributed by atoms with Gasteiger partial charge in [0.2, 0.25) is 0 Å². The number of benzene rings is 3. The quantitative estimate of drug-likeness (QED) is 0.211. The summed E-state index contributed by atoms with van der Waals surface area (Å²) in [5.41, 5.74) is 3.16. The van der Waals surface area contributed by atoms with Crippen LogP contribution in [0.3, 0.4) is 0 Å².